The minimum atomic E-state index is -0.565. The lowest BCUT2D eigenvalue weighted by molar-refractivity contribution is 0.0481. The van der Waals surface area contributed by atoms with Crippen LogP contribution in [0.5, 0.6) is 0 Å². The summed E-state index contributed by atoms with van der Waals surface area (Å²) in [4.78, 5) is 11.0. The zero-order chi connectivity index (χ0) is 13.9. The second-order valence-electron chi connectivity index (χ2n) is 5.36. The number of aliphatic hydroxyl groups is 1. The van der Waals surface area contributed by atoms with Crippen LogP contribution in [0.3, 0.4) is 0 Å². The third-order valence-corrected chi connectivity index (χ3v) is 3.61. The van der Waals surface area contributed by atoms with Crippen LogP contribution in [-0.2, 0) is 6.42 Å². The van der Waals surface area contributed by atoms with Crippen molar-refractivity contribution in [1.82, 2.24) is 9.97 Å². The first-order chi connectivity index (χ1) is 9.04. The van der Waals surface area contributed by atoms with E-state index >= 15 is 0 Å². The molecule has 1 fully saturated rings. The van der Waals surface area contributed by atoms with Crippen LogP contribution in [-0.4, -0.2) is 33.8 Å². The standard InChI is InChI=1S/C13H23N5O/c1-3-10-15-11(17-14)9-12(16-10)18-7-4-5-13(2,19)6-8-18/h9,19H,3-8,14H2,1-2H3,(H,15,16,17). The van der Waals surface area contributed by atoms with Crippen molar-refractivity contribution in [2.45, 2.75) is 45.1 Å². The summed E-state index contributed by atoms with van der Waals surface area (Å²) in [5, 5.41) is 10.1. The number of nitrogen functional groups attached to an aromatic ring is 1. The highest BCUT2D eigenvalue weighted by Crippen LogP contribution is 2.25. The van der Waals surface area contributed by atoms with Crippen LogP contribution < -0.4 is 16.2 Å². The number of nitrogens with zero attached hydrogens (tertiary/aromatic N) is 3. The van der Waals surface area contributed by atoms with Gasteiger partial charge in [0.2, 0.25) is 0 Å². The molecule has 106 valence electrons. The molecule has 0 amide bonds. The molecule has 0 bridgehead atoms. The van der Waals surface area contributed by atoms with Gasteiger partial charge in [0.05, 0.1) is 5.60 Å². The molecule has 2 rings (SSSR count). The molecule has 1 aliphatic heterocycles. The zero-order valence-electron chi connectivity index (χ0n) is 11.7. The van der Waals surface area contributed by atoms with Gasteiger partial charge in [-0.3, -0.25) is 0 Å². The van der Waals surface area contributed by atoms with Gasteiger partial charge in [0.1, 0.15) is 17.5 Å². The maximum Gasteiger partial charge on any atom is 0.145 e. The summed E-state index contributed by atoms with van der Waals surface area (Å²) >= 11 is 0. The molecule has 0 aliphatic carbocycles. The predicted molar refractivity (Wildman–Crippen MR) is 75.9 cm³/mol. The average Bonchev–Trinajstić information content (AvgIpc) is 2.59. The number of nitrogens with one attached hydrogen (secondary N) is 1. The van der Waals surface area contributed by atoms with Crippen molar-refractivity contribution in [2.24, 2.45) is 5.84 Å². The molecule has 1 atom stereocenters. The van der Waals surface area contributed by atoms with Crippen LogP contribution in [0, 0.1) is 0 Å². The Kier molecular flexibility index (Phi) is 4.21. The topological polar surface area (TPSA) is 87.3 Å². The quantitative estimate of drug-likeness (QED) is 0.559. The summed E-state index contributed by atoms with van der Waals surface area (Å²) in [6.07, 6.45) is 3.32. The molecular formula is C13H23N5O. The molecule has 1 saturated heterocycles. The van der Waals surface area contributed by atoms with E-state index in [9.17, 15) is 5.11 Å². The van der Waals surface area contributed by atoms with E-state index in [4.69, 9.17) is 5.84 Å². The summed E-state index contributed by atoms with van der Waals surface area (Å²) in [7, 11) is 0. The number of hydrazine groups is 1. The van der Waals surface area contributed by atoms with Crippen molar-refractivity contribution >= 4 is 11.6 Å². The number of nitrogens with two attached hydrogens (primary N) is 1. The fourth-order valence-electron chi connectivity index (χ4n) is 2.37. The summed E-state index contributed by atoms with van der Waals surface area (Å²) < 4.78 is 0. The molecule has 19 heavy (non-hydrogen) atoms. The molecule has 0 saturated carbocycles. The van der Waals surface area contributed by atoms with E-state index in [1.807, 2.05) is 19.9 Å². The maximum atomic E-state index is 10.1. The van der Waals surface area contributed by atoms with Crippen molar-refractivity contribution < 1.29 is 5.11 Å². The fourth-order valence-corrected chi connectivity index (χ4v) is 2.37. The Morgan fingerprint density at radius 2 is 2.21 bits per heavy atom. The van der Waals surface area contributed by atoms with Gasteiger partial charge in [-0.25, -0.2) is 15.8 Å². The summed E-state index contributed by atoms with van der Waals surface area (Å²) in [5.41, 5.74) is 2.02. The smallest absolute Gasteiger partial charge is 0.145 e. The van der Waals surface area contributed by atoms with Gasteiger partial charge in [-0.2, -0.15) is 0 Å². The Morgan fingerprint density at radius 1 is 1.42 bits per heavy atom. The number of aryl methyl sites for hydroxylation is 1. The molecule has 1 aromatic rings. The van der Waals surface area contributed by atoms with E-state index in [-0.39, 0.29) is 0 Å². The van der Waals surface area contributed by atoms with Crippen LogP contribution in [0.15, 0.2) is 6.07 Å². The zero-order valence-corrected chi connectivity index (χ0v) is 11.7. The first-order valence-corrected chi connectivity index (χ1v) is 6.86. The van der Waals surface area contributed by atoms with E-state index in [1.54, 1.807) is 0 Å². The Balaban J connectivity index is 2.21. The second kappa shape index (κ2) is 5.71. The number of rotatable bonds is 3. The monoisotopic (exact) mass is 265 g/mol. The van der Waals surface area contributed by atoms with E-state index in [0.29, 0.717) is 5.82 Å². The van der Waals surface area contributed by atoms with Crippen molar-refractivity contribution in [3.05, 3.63) is 11.9 Å². The van der Waals surface area contributed by atoms with Gasteiger partial charge >= 0.3 is 0 Å². The highest BCUT2D eigenvalue weighted by Gasteiger charge is 2.25. The largest absolute Gasteiger partial charge is 0.390 e. The number of aromatic nitrogens is 2. The van der Waals surface area contributed by atoms with Crippen LogP contribution in [0.4, 0.5) is 11.6 Å². The second-order valence-corrected chi connectivity index (χ2v) is 5.36. The van der Waals surface area contributed by atoms with Gasteiger partial charge in [-0.15, -0.1) is 0 Å². The lowest BCUT2D eigenvalue weighted by Gasteiger charge is -2.24. The van der Waals surface area contributed by atoms with Crippen LogP contribution in [0.25, 0.3) is 0 Å². The lowest BCUT2D eigenvalue weighted by Crippen LogP contribution is -2.29. The molecule has 1 aromatic heterocycles. The first kappa shape index (κ1) is 14.0. The lowest BCUT2D eigenvalue weighted by atomic mass is 9.98. The molecule has 2 heterocycles. The molecular weight excluding hydrogens is 242 g/mol. The van der Waals surface area contributed by atoms with E-state index in [1.165, 1.54) is 0 Å². The van der Waals surface area contributed by atoms with Gasteiger partial charge < -0.3 is 15.4 Å². The van der Waals surface area contributed by atoms with E-state index in [0.717, 1.165) is 50.4 Å². The molecule has 1 unspecified atom stereocenters. The molecule has 0 aromatic carbocycles. The third kappa shape index (κ3) is 3.54. The molecule has 0 spiro atoms. The minimum absolute atomic E-state index is 0.565. The average molecular weight is 265 g/mol. The van der Waals surface area contributed by atoms with E-state index in [2.05, 4.69) is 20.3 Å². The number of hydrogen-bond donors (Lipinski definition) is 3. The third-order valence-electron chi connectivity index (χ3n) is 3.61. The predicted octanol–water partition coefficient (Wildman–Crippen LogP) is 1.07. The first-order valence-electron chi connectivity index (χ1n) is 6.86. The summed E-state index contributed by atoms with van der Waals surface area (Å²) in [5.74, 6) is 7.75. The summed E-state index contributed by atoms with van der Waals surface area (Å²) in [6, 6.07) is 1.86. The van der Waals surface area contributed by atoms with Gasteiger partial charge in [0.15, 0.2) is 0 Å². The van der Waals surface area contributed by atoms with Crippen molar-refractivity contribution in [2.75, 3.05) is 23.4 Å². The van der Waals surface area contributed by atoms with Crippen LogP contribution in [0.1, 0.15) is 38.9 Å². The molecule has 0 radical (unpaired) electrons. The molecule has 6 nitrogen and oxygen atoms in total. The normalized spacial score (nSPS) is 24.1. The van der Waals surface area contributed by atoms with Crippen molar-refractivity contribution in [1.29, 1.82) is 0 Å². The number of anilines is 2. The number of hydrogen-bond acceptors (Lipinski definition) is 6. The Labute approximate surface area is 114 Å². The van der Waals surface area contributed by atoms with E-state index < -0.39 is 5.60 Å². The Hall–Kier alpha value is -1.40. The van der Waals surface area contributed by atoms with Gasteiger partial charge in [0.25, 0.3) is 0 Å². The molecule has 1 aliphatic rings. The molecule has 4 N–H and O–H groups in total. The maximum absolute atomic E-state index is 10.1. The highest BCUT2D eigenvalue weighted by molar-refractivity contribution is 5.49. The highest BCUT2D eigenvalue weighted by atomic mass is 16.3. The summed E-state index contributed by atoms with van der Waals surface area (Å²) in [6.45, 7) is 5.63. The SMILES string of the molecule is CCc1nc(NN)cc(N2CCCC(C)(O)CC2)n1. The fraction of sp³-hybridized carbons (Fsp3) is 0.692. The van der Waals surface area contributed by atoms with Crippen molar-refractivity contribution in [3.8, 4) is 0 Å². The minimum Gasteiger partial charge on any atom is -0.390 e. The van der Waals surface area contributed by atoms with Crippen LogP contribution in [0.2, 0.25) is 0 Å². The Bertz CT molecular complexity index is 413. The van der Waals surface area contributed by atoms with Crippen molar-refractivity contribution in [3.63, 3.8) is 0 Å². The van der Waals surface area contributed by atoms with Gasteiger partial charge in [-0.05, 0) is 26.2 Å². The Morgan fingerprint density at radius 3 is 2.89 bits per heavy atom. The van der Waals surface area contributed by atoms with Gasteiger partial charge in [0, 0.05) is 25.6 Å². The molecule has 6 heteroatoms. The van der Waals surface area contributed by atoms with Gasteiger partial charge in [-0.1, -0.05) is 6.92 Å². The van der Waals surface area contributed by atoms with Crippen LogP contribution >= 0.6 is 0 Å².